The van der Waals surface area contributed by atoms with Gasteiger partial charge in [0.25, 0.3) is 0 Å². The number of thiophene rings is 1. The molecule has 2 aromatic carbocycles. The summed E-state index contributed by atoms with van der Waals surface area (Å²) in [4.78, 5) is 26.8. The zero-order chi connectivity index (χ0) is 24.4. The van der Waals surface area contributed by atoms with E-state index in [-0.39, 0.29) is 11.8 Å². The second kappa shape index (κ2) is 10.3. The van der Waals surface area contributed by atoms with E-state index in [4.69, 9.17) is 27.9 Å². The summed E-state index contributed by atoms with van der Waals surface area (Å²) >= 11 is 14.0. The van der Waals surface area contributed by atoms with E-state index in [9.17, 15) is 9.59 Å². The largest absolute Gasteiger partial charge is 0.436 e. The fourth-order valence-electron chi connectivity index (χ4n) is 5.42. The third kappa shape index (κ3) is 5.41. The van der Waals surface area contributed by atoms with Crippen LogP contribution in [0.2, 0.25) is 10.0 Å². The maximum Gasteiger partial charge on any atom is 0.408 e. The normalized spacial score (nSPS) is 24.1. The molecule has 3 aliphatic heterocycles. The molecule has 182 valence electrons. The maximum atomic E-state index is 13.2. The first-order valence-corrected chi connectivity index (χ1v) is 13.4. The van der Waals surface area contributed by atoms with Gasteiger partial charge in [0.15, 0.2) is 6.10 Å². The number of rotatable bonds is 7. The van der Waals surface area contributed by atoms with Crippen molar-refractivity contribution in [3.8, 4) is 0 Å². The first kappa shape index (κ1) is 24.3. The Morgan fingerprint density at radius 1 is 1.03 bits per heavy atom. The number of nitrogens with one attached hydrogen (secondary N) is 1. The third-order valence-corrected chi connectivity index (χ3v) is 8.77. The zero-order valence-corrected chi connectivity index (χ0v) is 21.5. The quantitative estimate of drug-likeness (QED) is 0.286. The minimum atomic E-state index is -0.661. The van der Waals surface area contributed by atoms with Crippen LogP contribution in [0, 0.1) is 5.92 Å². The molecule has 35 heavy (non-hydrogen) atoms. The molecular weight excluding hydrogens is 503 g/mol. The third-order valence-electron chi connectivity index (χ3n) is 7.27. The van der Waals surface area contributed by atoms with Crippen LogP contribution in [-0.4, -0.2) is 48.6 Å². The van der Waals surface area contributed by atoms with E-state index in [0.29, 0.717) is 28.1 Å². The lowest BCUT2D eigenvalue weighted by Crippen LogP contribution is -2.68. The van der Waals surface area contributed by atoms with Crippen LogP contribution >= 0.6 is 34.5 Å². The van der Waals surface area contributed by atoms with Crippen molar-refractivity contribution in [3.05, 3.63) is 92.1 Å². The zero-order valence-electron chi connectivity index (χ0n) is 19.2. The molecule has 1 N–H and O–H groups in total. The van der Waals surface area contributed by atoms with Gasteiger partial charge in [-0.15, -0.1) is 11.3 Å². The number of ether oxygens (including phenoxy) is 1. The highest BCUT2D eigenvalue weighted by Crippen LogP contribution is 2.36. The molecule has 2 atom stereocenters. The monoisotopic (exact) mass is 529 g/mol. The van der Waals surface area contributed by atoms with E-state index in [1.54, 1.807) is 18.2 Å². The molecule has 3 fully saturated rings. The fraction of sp³-hybridized carbons (Fsp3) is 0.333. The molecule has 2 bridgehead atoms. The van der Waals surface area contributed by atoms with Crippen molar-refractivity contribution in [2.24, 2.45) is 5.92 Å². The Kier molecular flexibility index (Phi) is 7.17. The van der Waals surface area contributed by atoms with Crippen molar-refractivity contribution in [3.63, 3.8) is 0 Å². The van der Waals surface area contributed by atoms with Gasteiger partial charge in [-0.05, 0) is 41.1 Å². The highest BCUT2D eigenvalue weighted by molar-refractivity contribution is 7.12. The number of Topliss-reactive ketones (excluding diaryl/α,β-unsaturated/α-hetero) is 1. The summed E-state index contributed by atoms with van der Waals surface area (Å²) in [5.41, 5.74) is 1.50. The number of piperidine rings is 3. The van der Waals surface area contributed by atoms with Crippen molar-refractivity contribution < 1.29 is 18.8 Å². The summed E-state index contributed by atoms with van der Waals surface area (Å²) in [5.74, 6) is 0.580. The van der Waals surface area contributed by atoms with Crippen molar-refractivity contribution in [1.82, 2.24) is 5.32 Å². The SMILES string of the molecule is O=C(NC1C[N+]2(CC(=O)c3cccs3)CCC1CC2)OC(c1ccc(Cl)cc1)c1ccccc1Cl. The number of hydrogen-bond donors (Lipinski definition) is 1. The van der Waals surface area contributed by atoms with Crippen LogP contribution in [0.3, 0.4) is 0 Å². The van der Waals surface area contributed by atoms with Gasteiger partial charge in [0.05, 0.1) is 30.6 Å². The minimum Gasteiger partial charge on any atom is -0.436 e. The number of nitrogens with zero attached hydrogens (tertiary/aromatic N) is 1. The molecule has 1 amide bonds. The molecule has 0 aliphatic carbocycles. The number of halogens is 2. The van der Waals surface area contributed by atoms with Gasteiger partial charge in [-0.25, -0.2) is 4.79 Å². The number of fused-ring (bicyclic) bond motifs is 3. The topological polar surface area (TPSA) is 55.4 Å². The first-order chi connectivity index (χ1) is 16.9. The number of quaternary nitrogens is 1. The highest BCUT2D eigenvalue weighted by atomic mass is 35.5. The number of ketones is 1. The van der Waals surface area contributed by atoms with E-state index in [2.05, 4.69) is 5.32 Å². The van der Waals surface area contributed by atoms with Crippen LogP contribution in [0.25, 0.3) is 0 Å². The Hall–Kier alpha value is -2.38. The van der Waals surface area contributed by atoms with Gasteiger partial charge in [0.2, 0.25) is 5.78 Å². The fourth-order valence-corrected chi connectivity index (χ4v) is 6.44. The highest BCUT2D eigenvalue weighted by Gasteiger charge is 2.47. The first-order valence-electron chi connectivity index (χ1n) is 11.8. The molecule has 3 saturated heterocycles. The van der Waals surface area contributed by atoms with Crippen LogP contribution in [-0.2, 0) is 4.74 Å². The summed E-state index contributed by atoms with van der Waals surface area (Å²) in [6, 6.07) is 18.4. The molecule has 4 heterocycles. The van der Waals surface area contributed by atoms with Gasteiger partial charge in [-0.1, -0.05) is 59.6 Å². The molecule has 5 nitrogen and oxygen atoms in total. The van der Waals surface area contributed by atoms with E-state index in [0.717, 1.165) is 47.4 Å². The Labute approximate surface area is 219 Å². The standard InChI is InChI=1S/C27H26Cl2N2O3S/c28-20-9-7-19(8-10-20)26(21-4-1-2-5-22(21)29)34-27(33)30-23-16-31(13-11-18(23)12-14-31)17-24(32)25-6-3-15-35-25/h1-10,15,18,23,26H,11-14,16-17H2/p+1. The molecule has 6 rings (SSSR count). The summed E-state index contributed by atoms with van der Waals surface area (Å²) in [7, 11) is 0. The number of carbonyl (C=O) groups is 2. The molecule has 1 aromatic heterocycles. The van der Waals surface area contributed by atoms with Crippen molar-refractivity contribution in [2.45, 2.75) is 25.0 Å². The predicted octanol–water partition coefficient (Wildman–Crippen LogP) is 6.36. The lowest BCUT2D eigenvalue weighted by atomic mass is 9.81. The average Bonchev–Trinajstić information content (AvgIpc) is 3.40. The van der Waals surface area contributed by atoms with E-state index >= 15 is 0 Å². The summed E-state index contributed by atoms with van der Waals surface area (Å²) in [5, 5.41) is 6.20. The van der Waals surface area contributed by atoms with Gasteiger partial charge in [-0.3, -0.25) is 4.79 Å². The van der Waals surface area contributed by atoms with Crippen LogP contribution in [0.1, 0.15) is 39.7 Å². The second-order valence-corrected chi connectivity index (χ2v) is 11.3. The van der Waals surface area contributed by atoms with E-state index < -0.39 is 12.2 Å². The number of alkyl carbamates (subject to hydrolysis) is 1. The summed E-state index contributed by atoms with van der Waals surface area (Å²) in [6.45, 7) is 3.17. The molecule has 8 heteroatoms. The van der Waals surface area contributed by atoms with E-state index in [1.807, 2.05) is 47.8 Å². The average molecular weight is 530 g/mol. The molecule has 3 aromatic rings. The van der Waals surface area contributed by atoms with Crippen LogP contribution in [0.4, 0.5) is 4.79 Å². The predicted molar refractivity (Wildman–Crippen MR) is 139 cm³/mol. The van der Waals surface area contributed by atoms with Crippen LogP contribution in [0.15, 0.2) is 66.0 Å². The van der Waals surface area contributed by atoms with Gasteiger partial charge < -0.3 is 14.5 Å². The number of carbonyl (C=O) groups excluding carboxylic acids is 2. The van der Waals surface area contributed by atoms with Crippen molar-refractivity contribution >= 4 is 46.4 Å². The molecular formula is C27H27Cl2N2O3S+. The molecule has 3 aliphatic rings. The molecule has 0 spiro atoms. The summed E-state index contributed by atoms with van der Waals surface area (Å²) in [6.07, 6.45) is 0.846. The van der Waals surface area contributed by atoms with Crippen molar-refractivity contribution in [1.29, 1.82) is 0 Å². The lowest BCUT2D eigenvalue weighted by Gasteiger charge is -2.52. The molecule has 0 radical (unpaired) electrons. The Morgan fingerprint density at radius 2 is 1.77 bits per heavy atom. The van der Waals surface area contributed by atoms with Crippen molar-refractivity contribution in [2.75, 3.05) is 26.2 Å². The minimum absolute atomic E-state index is 0.0294. The Balaban J connectivity index is 1.30. The van der Waals surface area contributed by atoms with Gasteiger partial charge in [0, 0.05) is 28.5 Å². The van der Waals surface area contributed by atoms with Crippen LogP contribution < -0.4 is 5.32 Å². The van der Waals surface area contributed by atoms with E-state index in [1.165, 1.54) is 11.3 Å². The number of benzene rings is 2. The van der Waals surface area contributed by atoms with Crippen LogP contribution in [0.5, 0.6) is 0 Å². The second-order valence-electron chi connectivity index (χ2n) is 9.48. The van der Waals surface area contributed by atoms with Gasteiger partial charge in [-0.2, -0.15) is 0 Å². The smallest absolute Gasteiger partial charge is 0.408 e. The molecule has 0 saturated carbocycles. The maximum absolute atomic E-state index is 13.2. The van der Waals surface area contributed by atoms with Gasteiger partial charge >= 0.3 is 6.09 Å². The Bertz CT molecular complexity index is 1190. The van der Waals surface area contributed by atoms with Gasteiger partial charge in [0.1, 0.15) is 6.54 Å². The number of hydrogen-bond acceptors (Lipinski definition) is 4. The number of amides is 1. The Morgan fingerprint density at radius 3 is 2.46 bits per heavy atom. The molecule has 2 unspecified atom stereocenters. The lowest BCUT2D eigenvalue weighted by molar-refractivity contribution is -0.936. The summed E-state index contributed by atoms with van der Waals surface area (Å²) < 4.78 is 6.70.